The summed E-state index contributed by atoms with van der Waals surface area (Å²) in [4.78, 5) is 11.4. The molecule has 2 unspecified atom stereocenters. The van der Waals surface area contributed by atoms with E-state index >= 15 is 0 Å². The molecule has 2 nitrogen and oxygen atoms in total. The lowest BCUT2D eigenvalue weighted by atomic mass is 9.65. The van der Waals surface area contributed by atoms with E-state index in [1.165, 1.54) is 12.1 Å². The molecule has 0 radical (unpaired) electrons. The molecule has 1 aliphatic rings. The molecule has 1 fully saturated rings. The maximum Gasteiger partial charge on any atom is 0.306 e. The van der Waals surface area contributed by atoms with E-state index in [4.69, 9.17) is 0 Å². The minimum Gasteiger partial charge on any atom is -0.481 e. The summed E-state index contributed by atoms with van der Waals surface area (Å²) in [5.74, 6) is -1.05. The predicted octanol–water partition coefficient (Wildman–Crippen LogP) is 4.20. The third-order valence-electron chi connectivity index (χ3n) is 4.62. The first-order chi connectivity index (χ1) is 9.28. The monoisotopic (exact) mass is 278 g/mol. The minimum absolute atomic E-state index is 0.139. The van der Waals surface area contributed by atoms with E-state index in [-0.39, 0.29) is 23.1 Å². The van der Waals surface area contributed by atoms with Gasteiger partial charge in [-0.2, -0.15) is 0 Å². The van der Waals surface area contributed by atoms with Gasteiger partial charge in [0.1, 0.15) is 5.82 Å². The Hall–Kier alpha value is -1.38. The summed E-state index contributed by atoms with van der Waals surface area (Å²) >= 11 is 0. The Morgan fingerprint density at radius 2 is 2.15 bits per heavy atom. The van der Waals surface area contributed by atoms with Crippen LogP contribution in [0, 0.1) is 30.0 Å². The van der Waals surface area contributed by atoms with Crippen LogP contribution in [-0.2, 0) is 11.2 Å². The van der Waals surface area contributed by atoms with Gasteiger partial charge in [-0.25, -0.2) is 4.39 Å². The number of hydrogen-bond donors (Lipinski definition) is 1. The average molecular weight is 278 g/mol. The number of carboxylic acids is 1. The second-order valence-corrected chi connectivity index (χ2v) is 6.89. The lowest BCUT2D eigenvalue weighted by molar-refractivity contribution is -0.146. The lowest BCUT2D eigenvalue weighted by Crippen LogP contribution is -2.35. The van der Waals surface area contributed by atoms with Gasteiger partial charge in [0.15, 0.2) is 0 Å². The Kier molecular flexibility index (Phi) is 4.17. The lowest BCUT2D eigenvalue weighted by Gasteiger charge is -2.39. The van der Waals surface area contributed by atoms with E-state index in [2.05, 4.69) is 13.8 Å². The number of aryl methyl sites for hydroxylation is 1. The van der Waals surface area contributed by atoms with Gasteiger partial charge in [0.25, 0.3) is 0 Å². The molecule has 0 aliphatic heterocycles. The Morgan fingerprint density at radius 3 is 2.75 bits per heavy atom. The summed E-state index contributed by atoms with van der Waals surface area (Å²) in [6.45, 7) is 6.30. The molecule has 3 heteroatoms. The van der Waals surface area contributed by atoms with Crippen LogP contribution in [0.25, 0.3) is 0 Å². The molecular weight excluding hydrogens is 255 g/mol. The van der Waals surface area contributed by atoms with Crippen molar-refractivity contribution in [3.8, 4) is 0 Å². The molecule has 0 spiro atoms. The zero-order valence-electron chi connectivity index (χ0n) is 12.4. The highest BCUT2D eigenvalue weighted by Gasteiger charge is 2.38. The largest absolute Gasteiger partial charge is 0.481 e. The molecule has 110 valence electrons. The maximum atomic E-state index is 13.2. The van der Waals surface area contributed by atoms with Gasteiger partial charge in [-0.05, 0) is 67.2 Å². The van der Waals surface area contributed by atoms with Crippen LogP contribution in [-0.4, -0.2) is 11.1 Å². The highest BCUT2D eigenvalue weighted by molar-refractivity contribution is 5.70. The fourth-order valence-electron chi connectivity index (χ4n) is 3.45. The molecule has 20 heavy (non-hydrogen) atoms. The summed E-state index contributed by atoms with van der Waals surface area (Å²) < 4.78 is 13.2. The van der Waals surface area contributed by atoms with Crippen LogP contribution in [0.2, 0.25) is 0 Å². The number of aliphatic carboxylic acids is 1. The van der Waals surface area contributed by atoms with Crippen LogP contribution in [0.1, 0.15) is 44.2 Å². The fraction of sp³-hybridized carbons (Fsp3) is 0.588. The minimum atomic E-state index is -0.690. The van der Waals surface area contributed by atoms with Crippen molar-refractivity contribution in [2.24, 2.45) is 17.3 Å². The van der Waals surface area contributed by atoms with Crippen molar-refractivity contribution < 1.29 is 14.3 Å². The molecule has 1 aliphatic carbocycles. The predicted molar refractivity (Wildman–Crippen MR) is 77.1 cm³/mol. The quantitative estimate of drug-likeness (QED) is 0.899. The summed E-state index contributed by atoms with van der Waals surface area (Å²) in [5.41, 5.74) is 2.18. The second kappa shape index (κ2) is 5.55. The van der Waals surface area contributed by atoms with Gasteiger partial charge >= 0.3 is 5.97 Å². The molecule has 1 N–H and O–H groups in total. The number of benzene rings is 1. The molecule has 1 saturated carbocycles. The first-order valence-electron chi connectivity index (χ1n) is 7.26. The summed E-state index contributed by atoms with van der Waals surface area (Å²) in [6.07, 6.45) is 3.35. The number of carbonyl (C=O) groups is 1. The van der Waals surface area contributed by atoms with Crippen LogP contribution in [0.3, 0.4) is 0 Å². The van der Waals surface area contributed by atoms with Crippen molar-refractivity contribution in [2.75, 3.05) is 0 Å². The van der Waals surface area contributed by atoms with E-state index in [9.17, 15) is 14.3 Å². The van der Waals surface area contributed by atoms with Crippen LogP contribution in [0.5, 0.6) is 0 Å². The molecule has 0 aromatic heterocycles. The van der Waals surface area contributed by atoms with Gasteiger partial charge in [-0.1, -0.05) is 19.9 Å². The molecule has 0 amide bonds. The van der Waals surface area contributed by atoms with Crippen molar-refractivity contribution in [2.45, 2.75) is 46.5 Å². The van der Waals surface area contributed by atoms with E-state index in [1.54, 1.807) is 6.07 Å². The van der Waals surface area contributed by atoms with E-state index in [0.29, 0.717) is 0 Å². The van der Waals surface area contributed by atoms with Crippen molar-refractivity contribution in [1.82, 2.24) is 0 Å². The van der Waals surface area contributed by atoms with Crippen LogP contribution in [0.4, 0.5) is 4.39 Å². The molecular formula is C17H23FO2. The first-order valence-corrected chi connectivity index (χ1v) is 7.26. The molecule has 0 bridgehead atoms. The summed E-state index contributed by atoms with van der Waals surface area (Å²) in [5, 5.41) is 9.41. The standard InChI is InChI=1S/C17H23FO2/c1-11-8-14(18)5-4-12(11)9-13-10-17(2,3)7-6-15(13)16(19)20/h4-5,8,13,15H,6-7,9-10H2,1-3H3,(H,19,20). The third-order valence-corrected chi connectivity index (χ3v) is 4.62. The summed E-state index contributed by atoms with van der Waals surface area (Å²) in [7, 11) is 0. The van der Waals surface area contributed by atoms with Crippen LogP contribution >= 0.6 is 0 Å². The van der Waals surface area contributed by atoms with Crippen molar-refractivity contribution in [1.29, 1.82) is 0 Å². The van der Waals surface area contributed by atoms with Gasteiger partial charge in [-0.15, -0.1) is 0 Å². The smallest absolute Gasteiger partial charge is 0.306 e. The van der Waals surface area contributed by atoms with Crippen molar-refractivity contribution in [3.05, 3.63) is 35.1 Å². The molecule has 2 atom stereocenters. The molecule has 1 aromatic rings. The zero-order chi connectivity index (χ0) is 14.9. The van der Waals surface area contributed by atoms with Crippen molar-refractivity contribution in [3.63, 3.8) is 0 Å². The number of halogens is 1. The van der Waals surface area contributed by atoms with Gasteiger partial charge in [0.05, 0.1) is 5.92 Å². The highest BCUT2D eigenvalue weighted by atomic mass is 19.1. The van der Waals surface area contributed by atoms with Crippen LogP contribution in [0.15, 0.2) is 18.2 Å². The van der Waals surface area contributed by atoms with Gasteiger partial charge in [-0.3, -0.25) is 4.79 Å². The maximum absolute atomic E-state index is 13.2. The van der Waals surface area contributed by atoms with Gasteiger partial charge in [0, 0.05) is 0 Å². The van der Waals surface area contributed by atoms with Gasteiger partial charge in [0.2, 0.25) is 0 Å². The summed E-state index contributed by atoms with van der Waals surface area (Å²) in [6, 6.07) is 4.79. The molecule has 1 aromatic carbocycles. The fourth-order valence-corrected chi connectivity index (χ4v) is 3.45. The van der Waals surface area contributed by atoms with E-state index < -0.39 is 5.97 Å². The third kappa shape index (κ3) is 3.38. The first kappa shape index (κ1) is 15.0. The Bertz CT molecular complexity index is 508. The Morgan fingerprint density at radius 1 is 1.45 bits per heavy atom. The van der Waals surface area contributed by atoms with E-state index in [0.717, 1.165) is 36.8 Å². The number of hydrogen-bond acceptors (Lipinski definition) is 1. The topological polar surface area (TPSA) is 37.3 Å². The molecule has 2 rings (SSSR count). The normalized spacial score (nSPS) is 25.4. The zero-order valence-corrected chi connectivity index (χ0v) is 12.4. The molecule has 0 heterocycles. The van der Waals surface area contributed by atoms with E-state index in [1.807, 2.05) is 6.92 Å². The number of rotatable bonds is 3. The van der Waals surface area contributed by atoms with Crippen LogP contribution < -0.4 is 0 Å². The SMILES string of the molecule is Cc1cc(F)ccc1CC1CC(C)(C)CCC1C(=O)O. The Labute approximate surface area is 120 Å². The second-order valence-electron chi connectivity index (χ2n) is 6.89. The van der Waals surface area contributed by atoms with Gasteiger partial charge < -0.3 is 5.11 Å². The Balaban J connectivity index is 2.20. The number of carboxylic acid groups (broad SMARTS) is 1. The average Bonchev–Trinajstić information content (AvgIpc) is 2.31. The molecule has 0 saturated heterocycles. The highest BCUT2D eigenvalue weighted by Crippen LogP contribution is 2.43. The van der Waals surface area contributed by atoms with Crippen molar-refractivity contribution >= 4 is 5.97 Å².